The summed E-state index contributed by atoms with van der Waals surface area (Å²) in [5.41, 5.74) is 1.06. The lowest BCUT2D eigenvalue weighted by Gasteiger charge is -2.00. The molecule has 0 radical (unpaired) electrons. The molecule has 0 bridgehead atoms. The van der Waals surface area contributed by atoms with Gasteiger partial charge in [-0.2, -0.15) is 4.89 Å². The molecule has 0 saturated heterocycles. The highest BCUT2D eigenvalue weighted by Crippen LogP contribution is 2.12. The molecule has 0 saturated carbocycles. The highest BCUT2D eigenvalue weighted by atomic mass is 35.5. The van der Waals surface area contributed by atoms with Crippen molar-refractivity contribution in [2.24, 2.45) is 0 Å². The van der Waals surface area contributed by atoms with Crippen molar-refractivity contribution in [1.82, 2.24) is 0 Å². The smallest absolute Gasteiger partial charge is 0.165 e. The number of halogens is 1. The molecule has 0 aliphatic heterocycles. The molecule has 0 aliphatic carbocycles. The monoisotopic (exact) mass is 172 g/mol. The van der Waals surface area contributed by atoms with Crippen LogP contribution in [0.5, 0.6) is 5.75 Å². The Morgan fingerprint density at radius 2 is 1.91 bits per heavy atom. The molecule has 0 unspecified atom stereocenters. The van der Waals surface area contributed by atoms with E-state index < -0.39 is 0 Å². The van der Waals surface area contributed by atoms with Crippen LogP contribution in [0.4, 0.5) is 0 Å². The summed E-state index contributed by atoms with van der Waals surface area (Å²) in [6, 6.07) is 7.39. The van der Waals surface area contributed by atoms with E-state index in [1.54, 1.807) is 12.1 Å². The Balaban J connectivity index is 2.66. The minimum Gasteiger partial charge on any atom is -0.338 e. The molecular formula is C8H9ClO2. The zero-order chi connectivity index (χ0) is 8.10. The lowest BCUT2D eigenvalue weighted by Crippen LogP contribution is -1.89. The molecule has 0 atom stereocenters. The van der Waals surface area contributed by atoms with Crippen LogP contribution in [0, 0.1) is 0 Å². The second-order valence-electron chi connectivity index (χ2n) is 2.03. The van der Waals surface area contributed by atoms with Gasteiger partial charge < -0.3 is 4.89 Å². The van der Waals surface area contributed by atoms with Crippen molar-refractivity contribution in [2.45, 2.75) is 5.88 Å². The van der Waals surface area contributed by atoms with Gasteiger partial charge in [-0.3, -0.25) is 0 Å². The number of alkyl halides is 1. The highest BCUT2D eigenvalue weighted by molar-refractivity contribution is 6.17. The van der Waals surface area contributed by atoms with Gasteiger partial charge >= 0.3 is 0 Å². The average Bonchev–Trinajstić information content (AvgIpc) is 2.07. The molecule has 0 spiro atoms. The number of benzene rings is 1. The Hall–Kier alpha value is -0.730. The average molecular weight is 173 g/mol. The van der Waals surface area contributed by atoms with Gasteiger partial charge in [-0.15, -0.1) is 11.6 Å². The third-order valence-electron chi connectivity index (χ3n) is 1.26. The molecule has 2 nitrogen and oxygen atoms in total. The minimum absolute atomic E-state index is 0.521. The van der Waals surface area contributed by atoms with Gasteiger partial charge in [-0.25, -0.2) is 0 Å². The maximum absolute atomic E-state index is 5.58. The normalized spacial score (nSPS) is 9.64. The lowest BCUT2D eigenvalue weighted by molar-refractivity contribution is -0.178. The van der Waals surface area contributed by atoms with Crippen molar-refractivity contribution in [1.29, 1.82) is 0 Å². The number of hydrogen-bond acceptors (Lipinski definition) is 2. The van der Waals surface area contributed by atoms with Crippen LogP contribution in [0.3, 0.4) is 0 Å². The summed E-state index contributed by atoms with van der Waals surface area (Å²) in [6.07, 6.45) is 0. The molecule has 0 aliphatic rings. The molecule has 0 amide bonds. The fourth-order valence-corrected chi connectivity index (χ4v) is 0.908. The third kappa shape index (κ3) is 2.41. The van der Waals surface area contributed by atoms with Crippen molar-refractivity contribution >= 4 is 11.6 Å². The van der Waals surface area contributed by atoms with E-state index in [1.165, 1.54) is 7.11 Å². The van der Waals surface area contributed by atoms with E-state index in [0.29, 0.717) is 11.6 Å². The summed E-state index contributed by atoms with van der Waals surface area (Å²) in [4.78, 5) is 9.23. The molecular weight excluding hydrogens is 164 g/mol. The standard InChI is InChI=1S/C8H9ClO2/c1-10-11-8-4-2-7(6-9)3-5-8/h2-5H,6H2,1H3. The maximum Gasteiger partial charge on any atom is 0.165 e. The van der Waals surface area contributed by atoms with E-state index >= 15 is 0 Å². The fourth-order valence-electron chi connectivity index (χ4n) is 0.730. The first-order valence-electron chi connectivity index (χ1n) is 3.22. The topological polar surface area (TPSA) is 18.5 Å². The molecule has 0 fully saturated rings. The quantitative estimate of drug-likeness (QED) is 0.396. The summed E-state index contributed by atoms with van der Waals surface area (Å²) in [5.74, 6) is 1.20. The van der Waals surface area contributed by atoms with Crippen molar-refractivity contribution in [3.8, 4) is 5.75 Å². The van der Waals surface area contributed by atoms with Gasteiger partial charge in [-0.1, -0.05) is 12.1 Å². The van der Waals surface area contributed by atoms with Crippen LogP contribution in [0.2, 0.25) is 0 Å². The van der Waals surface area contributed by atoms with E-state index in [-0.39, 0.29) is 0 Å². The zero-order valence-electron chi connectivity index (χ0n) is 6.21. The first kappa shape index (κ1) is 8.37. The van der Waals surface area contributed by atoms with Gasteiger partial charge in [0.1, 0.15) is 0 Å². The Kier molecular flexibility index (Phi) is 3.20. The Morgan fingerprint density at radius 1 is 1.27 bits per heavy atom. The molecule has 1 aromatic rings. The maximum atomic E-state index is 5.58. The molecule has 0 heterocycles. The summed E-state index contributed by atoms with van der Waals surface area (Å²) in [6.45, 7) is 0. The van der Waals surface area contributed by atoms with Crippen LogP contribution in [0.15, 0.2) is 24.3 Å². The molecule has 1 aromatic carbocycles. The summed E-state index contributed by atoms with van der Waals surface area (Å²) < 4.78 is 0. The predicted molar refractivity (Wildman–Crippen MR) is 43.6 cm³/mol. The molecule has 1 rings (SSSR count). The SMILES string of the molecule is COOc1ccc(CCl)cc1. The largest absolute Gasteiger partial charge is 0.338 e. The fraction of sp³-hybridized carbons (Fsp3) is 0.250. The summed E-state index contributed by atoms with van der Waals surface area (Å²) >= 11 is 5.58. The summed E-state index contributed by atoms with van der Waals surface area (Å²) in [7, 11) is 1.47. The van der Waals surface area contributed by atoms with Crippen LogP contribution in [-0.2, 0) is 10.8 Å². The molecule has 0 N–H and O–H groups in total. The van der Waals surface area contributed by atoms with Crippen LogP contribution >= 0.6 is 11.6 Å². The lowest BCUT2D eigenvalue weighted by atomic mass is 10.2. The highest BCUT2D eigenvalue weighted by Gasteiger charge is 1.92. The predicted octanol–water partition coefficient (Wildman–Crippen LogP) is 2.37. The first-order valence-corrected chi connectivity index (χ1v) is 3.76. The van der Waals surface area contributed by atoms with Gasteiger partial charge in [-0.05, 0) is 17.7 Å². The van der Waals surface area contributed by atoms with E-state index in [9.17, 15) is 0 Å². The first-order chi connectivity index (χ1) is 5.36. The van der Waals surface area contributed by atoms with Crippen LogP contribution < -0.4 is 4.89 Å². The van der Waals surface area contributed by atoms with Gasteiger partial charge in [0.2, 0.25) is 0 Å². The molecule has 3 heteroatoms. The van der Waals surface area contributed by atoms with Gasteiger partial charge in [0.15, 0.2) is 5.75 Å². The number of rotatable bonds is 3. The minimum atomic E-state index is 0.521. The Bertz CT molecular complexity index is 208. The van der Waals surface area contributed by atoms with Gasteiger partial charge in [0, 0.05) is 5.88 Å². The van der Waals surface area contributed by atoms with E-state index in [4.69, 9.17) is 16.5 Å². The van der Waals surface area contributed by atoms with Crippen molar-refractivity contribution in [3.05, 3.63) is 29.8 Å². The second-order valence-corrected chi connectivity index (χ2v) is 2.29. The summed E-state index contributed by atoms with van der Waals surface area (Å²) in [5, 5.41) is 0. The van der Waals surface area contributed by atoms with Crippen molar-refractivity contribution in [2.75, 3.05) is 7.11 Å². The van der Waals surface area contributed by atoms with Gasteiger partial charge in [0.25, 0.3) is 0 Å². The van der Waals surface area contributed by atoms with E-state index in [1.807, 2.05) is 12.1 Å². The third-order valence-corrected chi connectivity index (χ3v) is 1.57. The Labute approximate surface area is 70.6 Å². The molecule has 60 valence electrons. The zero-order valence-corrected chi connectivity index (χ0v) is 6.97. The number of hydrogen-bond donors (Lipinski definition) is 0. The van der Waals surface area contributed by atoms with E-state index in [0.717, 1.165) is 5.56 Å². The van der Waals surface area contributed by atoms with Crippen molar-refractivity contribution in [3.63, 3.8) is 0 Å². The van der Waals surface area contributed by atoms with Crippen LogP contribution in [-0.4, -0.2) is 7.11 Å². The molecule has 11 heavy (non-hydrogen) atoms. The van der Waals surface area contributed by atoms with Crippen LogP contribution in [0.1, 0.15) is 5.56 Å². The van der Waals surface area contributed by atoms with Gasteiger partial charge in [0.05, 0.1) is 7.11 Å². The Morgan fingerprint density at radius 3 is 2.36 bits per heavy atom. The van der Waals surface area contributed by atoms with Crippen molar-refractivity contribution < 1.29 is 9.78 Å². The van der Waals surface area contributed by atoms with E-state index in [2.05, 4.69) is 4.89 Å². The van der Waals surface area contributed by atoms with Crippen LogP contribution in [0.25, 0.3) is 0 Å². The second kappa shape index (κ2) is 4.21. The molecule has 0 aromatic heterocycles.